The fourth-order valence-electron chi connectivity index (χ4n) is 1.86. The molecule has 0 amide bonds. The standard InChI is InChI=1S/C13H12N4OS/c1-7-8(2)19-11(14)10(7)13-16-12(17-18-13)9-4-3-5-15-6-9/h3-6H,14H2,1-2H3. The van der Waals surface area contributed by atoms with E-state index in [2.05, 4.69) is 15.1 Å². The minimum atomic E-state index is 0.457. The summed E-state index contributed by atoms with van der Waals surface area (Å²) < 4.78 is 5.32. The lowest BCUT2D eigenvalue weighted by Crippen LogP contribution is -1.87. The quantitative estimate of drug-likeness (QED) is 0.775. The van der Waals surface area contributed by atoms with E-state index in [1.54, 1.807) is 12.4 Å². The Labute approximate surface area is 114 Å². The highest BCUT2D eigenvalue weighted by atomic mass is 32.1. The summed E-state index contributed by atoms with van der Waals surface area (Å²) in [6.07, 6.45) is 3.40. The molecule has 0 bridgehead atoms. The zero-order chi connectivity index (χ0) is 13.4. The van der Waals surface area contributed by atoms with Gasteiger partial charge in [-0.15, -0.1) is 11.3 Å². The molecule has 2 N–H and O–H groups in total. The molecule has 0 atom stereocenters. The van der Waals surface area contributed by atoms with Gasteiger partial charge in [-0.2, -0.15) is 4.98 Å². The first-order chi connectivity index (χ1) is 9.16. The fraction of sp³-hybridized carbons (Fsp3) is 0.154. The maximum atomic E-state index is 6.00. The summed E-state index contributed by atoms with van der Waals surface area (Å²) in [7, 11) is 0. The average molecular weight is 272 g/mol. The topological polar surface area (TPSA) is 77.8 Å². The number of hydrogen-bond donors (Lipinski definition) is 1. The monoisotopic (exact) mass is 272 g/mol. The second kappa shape index (κ2) is 4.47. The predicted molar refractivity (Wildman–Crippen MR) is 74.7 cm³/mol. The number of aromatic nitrogens is 3. The molecule has 0 aromatic carbocycles. The van der Waals surface area contributed by atoms with Crippen molar-refractivity contribution in [2.24, 2.45) is 0 Å². The highest BCUT2D eigenvalue weighted by Gasteiger charge is 2.18. The maximum absolute atomic E-state index is 6.00. The molecular weight excluding hydrogens is 260 g/mol. The van der Waals surface area contributed by atoms with E-state index in [1.165, 1.54) is 11.3 Å². The average Bonchev–Trinajstić information content (AvgIpc) is 2.97. The van der Waals surface area contributed by atoms with Gasteiger partial charge in [-0.3, -0.25) is 4.98 Å². The molecule has 0 saturated carbocycles. The minimum absolute atomic E-state index is 0.457. The Balaban J connectivity index is 2.07. The summed E-state index contributed by atoms with van der Waals surface area (Å²) in [5.41, 5.74) is 8.75. The van der Waals surface area contributed by atoms with Gasteiger partial charge in [0.25, 0.3) is 5.89 Å². The van der Waals surface area contributed by atoms with Crippen molar-refractivity contribution in [3.63, 3.8) is 0 Å². The van der Waals surface area contributed by atoms with Gasteiger partial charge in [0.2, 0.25) is 5.82 Å². The maximum Gasteiger partial charge on any atom is 0.261 e. The van der Waals surface area contributed by atoms with E-state index in [1.807, 2.05) is 26.0 Å². The molecule has 0 aliphatic carbocycles. The van der Waals surface area contributed by atoms with Crippen molar-refractivity contribution >= 4 is 16.3 Å². The van der Waals surface area contributed by atoms with Gasteiger partial charge in [0, 0.05) is 22.8 Å². The summed E-state index contributed by atoms with van der Waals surface area (Å²) in [4.78, 5) is 9.59. The molecule has 0 aliphatic heterocycles. The molecule has 0 aliphatic rings. The number of nitrogen functional groups attached to an aromatic ring is 1. The number of hydrogen-bond acceptors (Lipinski definition) is 6. The van der Waals surface area contributed by atoms with E-state index in [4.69, 9.17) is 10.3 Å². The molecule has 3 aromatic rings. The Morgan fingerprint density at radius 2 is 2.16 bits per heavy atom. The number of anilines is 1. The second-order valence-electron chi connectivity index (χ2n) is 4.19. The van der Waals surface area contributed by atoms with E-state index in [-0.39, 0.29) is 0 Å². The van der Waals surface area contributed by atoms with Gasteiger partial charge in [0.15, 0.2) is 0 Å². The van der Waals surface area contributed by atoms with E-state index >= 15 is 0 Å². The minimum Gasteiger partial charge on any atom is -0.390 e. The van der Waals surface area contributed by atoms with Gasteiger partial charge in [-0.05, 0) is 31.5 Å². The first-order valence-electron chi connectivity index (χ1n) is 5.76. The van der Waals surface area contributed by atoms with Gasteiger partial charge in [-0.25, -0.2) is 0 Å². The second-order valence-corrected chi connectivity index (χ2v) is 5.44. The summed E-state index contributed by atoms with van der Waals surface area (Å²) >= 11 is 1.53. The zero-order valence-corrected chi connectivity index (χ0v) is 11.4. The van der Waals surface area contributed by atoms with Crippen LogP contribution in [0.1, 0.15) is 10.4 Å². The Morgan fingerprint density at radius 3 is 2.79 bits per heavy atom. The highest BCUT2D eigenvalue weighted by molar-refractivity contribution is 7.16. The Bertz CT molecular complexity index is 718. The molecule has 3 aromatic heterocycles. The van der Waals surface area contributed by atoms with Gasteiger partial charge in [0.1, 0.15) is 0 Å². The van der Waals surface area contributed by atoms with Crippen LogP contribution in [-0.2, 0) is 0 Å². The third kappa shape index (κ3) is 2.00. The van der Waals surface area contributed by atoms with Crippen molar-refractivity contribution < 1.29 is 4.52 Å². The van der Waals surface area contributed by atoms with E-state index in [9.17, 15) is 0 Å². The van der Waals surface area contributed by atoms with Crippen molar-refractivity contribution in [3.8, 4) is 22.8 Å². The Kier molecular flexibility index (Phi) is 2.79. The molecule has 0 fully saturated rings. The molecule has 0 radical (unpaired) electrons. The summed E-state index contributed by atoms with van der Waals surface area (Å²) in [6.45, 7) is 4.03. The van der Waals surface area contributed by atoms with Crippen LogP contribution in [0.3, 0.4) is 0 Å². The van der Waals surface area contributed by atoms with E-state index in [0.717, 1.165) is 21.6 Å². The molecule has 6 heteroatoms. The molecule has 3 heterocycles. The van der Waals surface area contributed by atoms with Crippen LogP contribution in [0.25, 0.3) is 22.8 Å². The third-order valence-electron chi connectivity index (χ3n) is 2.97. The van der Waals surface area contributed by atoms with Crippen molar-refractivity contribution in [2.75, 3.05) is 5.73 Å². The highest BCUT2D eigenvalue weighted by Crippen LogP contribution is 2.37. The molecule has 5 nitrogen and oxygen atoms in total. The number of thiophene rings is 1. The van der Waals surface area contributed by atoms with Crippen LogP contribution in [0.4, 0.5) is 5.00 Å². The summed E-state index contributed by atoms with van der Waals surface area (Å²) in [5, 5.41) is 4.68. The van der Waals surface area contributed by atoms with Crippen LogP contribution >= 0.6 is 11.3 Å². The lowest BCUT2D eigenvalue weighted by Gasteiger charge is -1.94. The SMILES string of the molecule is Cc1sc(N)c(-c2nc(-c3cccnc3)no2)c1C. The predicted octanol–water partition coefficient (Wildman–Crippen LogP) is 3.06. The molecule has 0 saturated heterocycles. The Hall–Kier alpha value is -2.21. The number of nitrogens with two attached hydrogens (primary N) is 1. The number of nitrogens with zero attached hydrogens (tertiary/aromatic N) is 3. The van der Waals surface area contributed by atoms with Crippen LogP contribution < -0.4 is 5.73 Å². The van der Waals surface area contributed by atoms with Gasteiger partial charge in [0.05, 0.1) is 10.6 Å². The normalized spacial score (nSPS) is 10.8. The number of aryl methyl sites for hydroxylation is 1. The molecule has 0 unspecified atom stereocenters. The molecule has 19 heavy (non-hydrogen) atoms. The van der Waals surface area contributed by atoms with Crippen LogP contribution in [0.5, 0.6) is 0 Å². The van der Waals surface area contributed by atoms with Crippen molar-refractivity contribution in [3.05, 3.63) is 35.0 Å². The molecular formula is C13H12N4OS. The lowest BCUT2D eigenvalue weighted by atomic mass is 10.1. The number of rotatable bonds is 2. The van der Waals surface area contributed by atoms with Crippen molar-refractivity contribution in [2.45, 2.75) is 13.8 Å². The molecule has 0 spiro atoms. The lowest BCUT2D eigenvalue weighted by molar-refractivity contribution is 0.432. The third-order valence-corrected chi connectivity index (χ3v) is 4.01. The van der Waals surface area contributed by atoms with Crippen LogP contribution in [0.15, 0.2) is 29.0 Å². The van der Waals surface area contributed by atoms with Crippen molar-refractivity contribution in [1.29, 1.82) is 0 Å². The number of pyridine rings is 1. The zero-order valence-electron chi connectivity index (χ0n) is 10.5. The first-order valence-corrected chi connectivity index (χ1v) is 6.58. The summed E-state index contributed by atoms with van der Waals surface area (Å²) in [5.74, 6) is 0.976. The molecule has 3 rings (SSSR count). The van der Waals surface area contributed by atoms with E-state index < -0.39 is 0 Å². The molecule has 96 valence electrons. The summed E-state index contributed by atoms with van der Waals surface area (Å²) in [6, 6.07) is 3.72. The van der Waals surface area contributed by atoms with Gasteiger partial charge >= 0.3 is 0 Å². The van der Waals surface area contributed by atoms with E-state index in [0.29, 0.717) is 16.7 Å². The first kappa shape index (κ1) is 11.9. The van der Waals surface area contributed by atoms with Crippen molar-refractivity contribution in [1.82, 2.24) is 15.1 Å². The Morgan fingerprint density at radius 1 is 1.32 bits per heavy atom. The van der Waals surface area contributed by atoms with Gasteiger partial charge < -0.3 is 10.3 Å². The fourth-order valence-corrected chi connectivity index (χ4v) is 2.78. The van der Waals surface area contributed by atoms with Gasteiger partial charge in [-0.1, -0.05) is 5.16 Å². The smallest absolute Gasteiger partial charge is 0.261 e. The van der Waals surface area contributed by atoms with Crippen LogP contribution in [0, 0.1) is 13.8 Å². The largest absolute Gasteiger partial charge is 0.390 e. The van der Waals surface area contributed by atoms with Crippen LogP contribution in [-0.4, -0.2) is 15.1 Å². The van der Waals surface area contributed by atoms with Crippen LogP contribution in [0.2, 0.25) is 0 Å².